The Morgan fingerprint density at radius 3 is 2.44 bits per heavy atom. The molecule has 0 radical (unpaired) electrons. The summed E-state index contributed by atoms with van der Waals surface area (Å²) in [4.78, 5) is 25.4. The number of aryl methyl sites for hydroxylation is 2. The molecule has 0 fully saturated rings. The summed E-state index contributed by atoms with van der Waals surface area (Å²) < 4.78 is 10.9. The molecule has 1 aromatic carbocycles. The van der Waals surface area contributed by atoms with Gasteiger partial charge in [0.1, 0.15) is 35.7 Å². The fourth-order valence-electron chi connectivity index (χ4n) is 3.34. The molecular formula is C22H31NO9. The number of aliphatic hydroxyl groups excluding tert-OH is 5. The predicted octanol–water partition coefficient (Wildman–Crippen LogP) is -0.673. The first-order valence-corrected chi connectivity index (χ1v) is 10.4. The maximum atomic E-state index is 12.4. The molecular weight excluding hydrogens is 422 g/mol. The first kappa shape index (κ1) is 25.8. The van der Waals surface area contributed by atoms with Gasteiger partial charge in [0.05, 0.1) is 6.61 Å². The number of benzene rings is 1. The van der Waals surface area contributed by atoms with E-state index < -0.39 is 42.6 Å². The van der Waals surface area contributed by atoms with Crippen LogP contribution in [-0.4, -0.2) is 87.6 Å². The van der Waals surface area contributed by atoms with Gasteiger partial charge in [-0.05, 0) is 31.0 Å². The monoisotopic (exact) mass is 453 g/mol. The quantitative estimate of drug-likeness (QED) is 0.278. The number of likely N-dealkylation sites (N-methyl/N-ethyl adjacent to an activating group) is 1. The zero-order valence-electron chi connectivity index (χ0n) is 18.4. The molecule has 0 aliphatic carbocycles. The predicted molar refractivity (Wildman–Crippen MR) is 115 cm³/mol. The summed E-state index contributed by atoms with van der Waals surface area (Å²) in [6.07, 6.45) is -5.14. The number of fused-ring (bicyclic) bond motifs is 1. The average Bonchev–Trinajstić information content (AvgIpc) is 2.77. The van der Waals surface area contributed by atoms with Crippen LogP contribution in [0.2, 0.25) is 0 Å². The highest BCUT2D eigenvalue weighted by atomic mass is 16.5. The zero-order chi connectivity index (χ0) is 24.0. The molecule has 1 heterocycles. The number of rotatable bonds is 11. The van der Waals surface area contributed by atoms with Crippen LogP contribution in [0.1, 0.15) is 24.5 Å². The Balaban J connectivity index is 2.05. The minimum atomic E-state index is -1.78. The zero-order valence-corrected chi connectivity index (χ0v) is 18.4. The molecule has 5 N–H and O–H groups in total. The number of aliphatic hydroxyl groups is 5. The van der Waals surface area contributed by atoms with E-state index in [-0.39, 0.29) is 13.2 Å². The third-order valence-electron chi connectivity index (χ3n) is 5.28. The molecule has 10 nitrogen and oxygen atoms in total. The lowest BCUT2D eigenvalue weighted by molar-refractivity contribution is -0.139. The first-order chi connectivity index (χ1) is 15.1. The van der Waals surface area contributed by atoms with Crippen molar-refractivity contribution in [2.24, 2.45) is 0 Å². The van der Waals surface area contributed by atoms with Crippen LogP contribution in [0.3, 0.4) is 0 Å². The van der Waals surface area contributed by atoms with E-state index in [0.717, 1.165) is 28.7 Å². The van der Waals surface area contributed by atoms with E-state index in [2.05, 4.69) is 0 Å². The van der Waals surface area contributed by atoms with Crippen LogP contribution >= 0.6 is 0 Å². The average molecular weight is 453 g/mol. The van der Waals surface area contributed by atoms with Crippen molar-refractivity contribution < 1.29 is 39.5 Å². The van der Waals surface area contributed by atoms with Gasteiger partial charge in [0.2, 0.25) is 0 Å². The highest BCUT2D eigenvalue weighted by Crippen LogP contribution is 2.29. The minimum absolute atomic E-state index is 0.343. The summed E-state index contributed by atoms with van der Waals surface area (Å²) in [5.74, 6) is -0.160. The number of ether oxygens (including phenoxy) is 1. The Kier molecular flexibility index (Phi) is 9.17. The summed E-state index contributed by atoms with van der Waals surface area (Å²) in [5.41, 5.74) is 1.39. The standard InChI is InChI=1S/C22H31NO9/c1-4-5-13-8-19(28)32-22-12(2)17(7-6-14(13)22)31-11-18(27)23(3)9-15(25)20(29)21(30)16(26)10-24/h6-8,15-16,20-21,24-26,29-30H,4-5,9-11H2,1-3H3/t15-,16+,20+,21+/m0/s1. The summed E-state index contributed by atoms with van der Waals surface area (Å²) in [7, 11) is 1.37. The Labute approximate surface area is 185 Å². The molecule has 178 valence electrons. The van der Waals surface area contributed by atoms with Crippen LogP contribution in [0, 0.1) is 6.92 Å². The van der Waals surface area contributed by atoms with Crippen molar-refractivity contribution in [1.82, 2.24) is 4.90 Å². The normalized spacial score (nSPS) is 15.2. The van der Waals surface area contributed by atoms with Crippen LogP contribution in [0.5, 0.6) is 5.75 Å². The van der Waals surface area contributed by atoms with Gasteiger partial charge in [-0.1, -0.05) is 13.3 Å². The second-order valence-corrected chi connectivity index (χ2v) is 7.77. The molecule has 0 aliphatic heterocycles. The summed E-state index contributed by atoms with van der Waals surface area (Å²) in [6.45, 7) is 2.21. The van der Waals surface area contributed by atoms with Gasteiger partial charge in [-0.25, -0.2) is 4.79 Å². The Morgan fingerprint density at radius 2 is 1.81 bits per heavy atom. The van der Waals surface area contributed by atoms with E-state index in [1.54, 1.807) is 19.1 Å². The maximum Gasteiger partial charge on any atom is 0.336 e. The van der Waals surface area contributed by atoms with E-state index in [1.807, 2.05) is 6.92 Å². The molecule has 2 aromatic rings. The minimum Gasteiger partial charge on any atom is -0.483 e. The Bertz CT molecular complexity index is 974. The third-order valence-corrected chi connectivity index (χ3v) is 5.28. The van der Waals surface area contributed by atoms with Crippen LogP contribution in [0.4, 0.5) is 0 Å². The lowest BCUT2D eigenvalue weighted by Crippen LogP contribution is -2.50. The summed E-state index contributed by atoms with van der Waals surface area (Å²) in [6, 6.07) is 4.93. The number of nitrogens with zero attached hydrogens (tertiary/aromatic N) is 1. The van der Waals surface area contributed by atoms with Crippen LogP contribution in [0.25, 0.3) is 11.0 Å². The molecule has 0 bridgehead atoms. The molecule has 0 aliphatic rings. The molecule has 32 heavy (non-hydrogen) atoms. The lowest BCUT2D eigenvalue weighted by atomic mass is 10.0. The highest BCUT2D eigenvalue weighted by molar-refractivity contribution is 5.85. The molecule has 0 unspecified atom stereocenters. The fourth-order valence-corrected chi connectivity index (χ4v) is 3.34. The second-order valence-electron chi connectivity index (χ2n) is 7.77. The number of carbonyl (C=O) groups is 1. The number of hydrogen-bond donors (Lipinski definition) is 5. The van der Waals surface area contributed by atoms with E-state index in [9.17, 15) is 30.0 Å². The van der Waals surface area contributed by atoms with Crippen molar-refractivity contribution >= 4 is 16.9 Å². The van der Waals surface area contributed by atoms with Crippen LogP contribution in [0.15, 0.2) is 27.4 Å². The molecule has 0 spiro atoms. The van der Waals surface area contributed by atoms with Crippen molar-refractivity contribution in [3.63, 3.8) is 0 Å². The van der Waals surface area contributed by atoms with Crippen LogP contribution in [-0.2, 0) is 11.2 Å². The van der Waals surface area contributed by atoms with E-state index in [0.29, 0.717) is 16.9 Å². The van der Waals surface area contributed by atoms with Gasteiger partial charge >= 0.3 is 5.63 Å². The van der Waals surface area contributed by atoms with Gasteiger partial charge in [0, 0.05) is 30.6 Å². The molecule has 2 rings (SSSR count). The molecule has 1 amide bonds. The van der Waals surface area contributed by atoms with Crippen molar-refractivity contribution in [2.75, 3.05) is 26.8 Å². The lowest BCUT2D eigenvalue weighted by Gasteiger charge is -2.28. The third kappa shape index (κ3) is 6.05. The van der Waals surface area contributed by atoms with Crippen molar-refractivity contribution in [2.45, 2.75) is 51.1 Å². The summed E-state index contributed by atoms with van der Waals surface area (Å²) in [5, 5.41) is 48.6. The van der Waals surface area contributed by atoms with Gasteiger partial charge in [0.15, 0.2) is 6.61 Å². The van der Waals surface area contributed by atoms with Gasteiger partial charge in [-0.3, -0.25) is 4.79 Å². The van der Waals surface area contributed by atoms with Gasteiger partial charge < -0.3 is 39.6 Å². The summed E-state index contributed by atoms with van der Waals surface area (Å²) >= 11 is 0. The number of hydrogen-bond acceptors (Lipinski definition) is 9. The van der Waals surface area contributed by atoms with E-state index in [4.69, 9.17) is 14.3 Å². The maximum absolute atomic E-state index is 12.4. The van der Waals surface area contributed by atoms with Gasteiger partial charge in [0.25, 0.3) is 5.91 Å². The van der Waals surface area contributed by atoms with Crippen molar-refractivity contribution in [3.8, 4) is 5.75 Å². The largest absolute Gasteiger partial charge is 0.483 e. The number of carbonyl (C=O) groups excluding carboxylic acids is 1. The van der Waals surface area contributed by atoms with E-state index in [1.165, 1.54) is 13.1 Å². The van der Waals surface area contributed by atoms with Gasteiger partial charge in [-0.2, -0.15) is 0 Å². The van der Waals surface area contributed by atoms with Gasteiger partial charge in [-0.15, -0.1) is 0 Å². The Morgan fingerprint density at radius 1 is 1.16 bits per heavy atom. The fraction of sp³-hybridized carbons (Fsp3) is 0.545. The molecule has 4 atom stereocenters. The molecule has 1 aromatic heterocycles. The highest BCUT2D eigenvalue weighted by Gasteiger charge is 2.31. The Hall–Kier alpha value is -2.50. The second kappa shape index (κ2) is 11.4. The molecule has 0 saturated heterocycles. The van der Waals surface area contributed by atoms with Crippen molar-refractivity contribution in [3.05, 3.63) is 39.7 Å². The number of amides is 1. The smallest absolute Gasteiger partial charge is 0.336 e. The first-order valence-electron chi connectivity index (χ1n) is 10.4. The molecule has 10 heteroatoms. The SMILES string of the molecule is CCCc1cc(=O)oc2c(C)c(OCC(=O)N(C)C[C@H](O)[C@@H](O)[C@H](O)[C@H](O)CO)ccc12. The van der Waals surface area contributed by atoms with Crippen molar-refractivity contribution in [1.29, 1.82) is 0 Å². The van der Waals surface area contributed by atoms with Crippen LogP contribution < -0.4 is 10.4 Å². The topological polar surface area (TPSA) is 161 Å². The van der Waals surface area contributed by atoms with E-state index >= 15 is 0 Å². The molecule has 0 saturated carbocycles.